The van der Waals surface area contributed by atoms with Gasteiger partial charge >= 0.3 is 5.97 Å². The lowest BCUT2D eigenvalue weighted by Crippen LogP contribution is -2.41. The van der Waals surface area contributed by atoms with Crippen molar-refractivity contribution in [2.75, 3.05) is 13.1 Å². The van der Waals surface area contributed by atoms with Crippen molar-refractivity contribution in [2.45, 2.75) is 51.6 Å². The van der Waals surface area contributed by atoms with Crippen molar-refractivity contribution in [3.63, 3.8) is 0 Å². The van der Waals surface area contributed by atoms with Crippen molar-refractivity contribution in [1.82, 2.24) is 9.47 Å². The number of piperidine rings is 1. The van der Waals surface area contributed by atoms with Crippen LogP contribution in [0.1, 0.15) is 53.3 Å². The summed E-state index contributed by atoms with van der Waals surface area (Å²) in [5, 5.41) is 9.41. The Kier molecular flexibility index (Phi) is 3.61. The van der Waals surface area contributed by atoms with Crippen LogP contribution in [0.25, 0.3) is 0 Å². The lowest BCUT2D eigenvalue weighted by atomic mass is 9.97. The van der Waals surface area contributed by atoms with Crippen LogP contribution < -0.4 is 5.56 Å². The van der Waals surface area contributed by atoms with Crippen molar-refractivity contribution >= 4 is 5.97 Å². The number of nitrogens with zero attached hydrogens (tertiary/aromatic N) is 2. The van der Waals surface area contributed by atoms with Crippen LogP contribution in [0, 0.1) is 13.8 Å². The van der Waals surface area contributed by atoms with Crippen LogP contribution in [0.2, 0.25) is 0 Å². The number of carboxylic acid groups (broad SMARTS) is 1. The van der Waals surface area contributed by atoms with Gasteiger partial charge in [0.15, 0.2) is 0 Å². The fourth-order valence-electron chi connectivity index (χ4n) is 4.16. The van der Waals surface area contributed by atoms with Gasteiger partial charge in [0.25, 0.3) is 5.56 Å². The predicted molar refractivity (Wildman–Crippen MR) is 80.0 cm³/mol. The Bertz CT molecular complexity index is 635. The molecule has 0 radical (unpaired) electrons. The van der Waals surface area contributed by atoms with Crippen molar-refractivity contribution in [2.24, 2.45) is 0 Å². The Balaban J connectivity index is 2.08. The van der Waals surface area contributed by atoms with E-state index in [1.807, 2.05) is 0 Å². The van der Waals surface area contributed by atoms with Crippen LogP contribution in [0.3, 0.4) is 0 Å². The summed E-state index contributed by atoms with van der Waals surface area (Å²) < 4.78 is 1.74. The van der Waals surface area contributed by atoms with E-state index < -0.39 is 5.97 Å². The van der Waals surface area contributed by atoms with E-state index in [0.717, 1.165) is 25.9 Å². The molecule has 0 spiro atoms. The topological polar surface area (TPSA) is 62.5 Å². The first-order chi connectivity index (χ1) is 10.0. The molecule has 0 bridgehead atoms. The zero-order chi connectivity index (χ0) is 15.1. The number of aromatic carboxylic acids is 1. The summed E-state index contributed by atoms with van der Waals surface area (Å²) in [6, 6.07) is 1.98. The van der Waals surface area contributed by atoms with Gasteiger partial charge in [-0.25, -0.2) is 4.79 Å². The average Bonchev–Trinajstić information content (AvgIpc) is 2.82. The first kappa shape index (κ1) is 14.3. The molecule has 1 N–H and O–H groups in total. The maximum atomic E-state index is 12.4. The molecule has 2 atom stereocenters. The Hall–Kier alpha value is -1.62. The molecule has 3 rings (SSSR count). The van der Waals surface area contributed by atoms with Gasteiger partial charge in [-0.3, -0.25) is 9.69 Å². The monoisotopic (exact) mass is 290 g/mol. The number of aromatic nitrogens is 1. The minimum absolute atomic E-state index is 0.0626. The van der Waals surface area contributed by atoms with E-state index >= 15 is 0 Å². The highest BCUT2D eigenvalue weighted by atomic mass is 16.4. The smallest absolute Gasteiger partial charge is 0.337 e. The number of hydrogen-bond acceptors (Lipinski definition) is 3. The molecule has 2 aliphatic rings. The second-order valence-corrected chi connectivity index (χ2v) is 6.26. The van der Waals surface area contributed by atoms with Gasteiger partial charge in [-0.15, -0.1) is 0 Å². The number of carbonyl (C=O) groups is 1. The number of carboxylic acids is 1. The number of hydrogen-bond donors (Lipinski definition) is 1. The van der Waals surface area contributed by atoms with E-state index in [-0.39, 0.29) is 17.2 Å². The molecule has 0 aliphatic carbocycles. The van der Waals surface area contributed by atoms with Gasteiger partial charge in [-0.2, -0.15) is 0 Å². The van der Waals surface area contributed by atoms with Gasteiger partial charge in [0.1, 0.15) is 0 Å². The van der Waals surface area contributed by atoms with Crippen LogP contribution in [-0.2, 0) is 0 Å². The van der Waals surface area contributed by atoms with Crippen LogP contribution >= 0.6 is 0 Å². The third-order valence-corrected chi connectivity index (χ3v) is 5.06. The summed E-state index contributed by atoms with van der Waals surface area (Å²) in [4.78, 5) is 26.4. The zero-order valence-electron chi connectivity index (χ0n) is 12.6. The second-order valence-electron chi connectivity index (χ2n) is 6.26. The standard InChI is InChI=1S/C16H22N2O3/c1-10-9-14(19)18(11(2)15(10)16(20)21)13-6-8-17-7-4-3-5-12(13)17/h9,12-13H,3-8H2,1-2H3,(H,20,21). The minimum Gasteiger partial charge on any atom is -0.478 e. The van der Waals surface area contributed by atoms with Crippen molar-refractivity contribution in [3.8, 4) is 0 Å². The molecule has 21 heavy (non-hydrogen) atoms. The fourth-order valence-corrected chi connectivity index (χ4v) is 4.16. The summed E-state index contributed by atoms with van der Waals surface area (Å²) in [5.41, 5.74) is 1.38. The average molecular weight is 290 g/mol. The van der Waals surface area contributed by atoms with E-state index in [1.165, 1.54) is 18.9 Å². The lowest BCUT2D eigenvalue weighted by Gasteiger charge is -2.33. The van der Waals surface area contributed by atoms with Gasteiger partial charge in [0.2, 0.25) is 0 Å². The highest BCUT2D eigenvalue weighted by Gasteiger charge is 2.38. The molecule has 1 aromatic heterocycles. The molecule has 0 amide bonds. The van der Waals surface area contributed by atoms with E-state index in [0.29, 0.717) is 17.3 Å². The molecule has 114 valence electrons. The Labute approximate surface area is 124 Å². The van der Waals surface area contributed by atoms with Gasteiger partial charge < -0.3 is 9.67 Å². The highest BCUT2D eigenvalue weighted by molar-refractivity contribution is 5.90. The number of fused-ring (bicyclic) bond motifs is 1. The van der Waals surface area contributed by atoms with Crippen LogP contribution in [0.5, 0.6) is 0 Å². The molecule has 2 saturated heterocycles. The largest absolute Gasteiger partial charge is 0.478 e. The summed E-state index contributed by atoms with van der Waals surface area (Å²) in [7, 11) is 0. The molecule has 2 fully saturated rings. The van der Waals surface area contributed by atoms with Crippen molar-refractivity contribution < 1.29 is 9.90 Å². The zero-order valence-corrected chi connectivity index (χ0v) is 12.6. The van der Waals surface area contributed by atoms with Gasteiger partial charge in [-0.05, 0) is 45.2 Å². The Morgan fingerprint density at radius 3 is 2.67 bits per heavy atom. The molecule has 5 nitrogen and oxygen atoms in total. The van der Waals surface area contributed by atoms with Crippen molar-refractivity contribution in [3.05, 3.63) is 33.2 Å². The van der Waals surface area contributed by atoms with Gasteiger partial charge in [0.05, 0.1) is 11.6 Å². The minimum atomic E-state index is -0.947. The number of aryl methyl sites for hydroxylation is 1. The van der Waals surface area contributed by atoms with E-state index in [4.69, 9.17) is 0 Å². The molecular weight excluding hydrogens is 268 g/mol. The number of pyridine rings is 1. The van der Waals surface area contributed by atoms with Gasteiger partial charge in [-0.1, -0.05) is 6.42 Å². The summed E-state index contributed by atoms with van der Waals surface area (Å²) in [6.07, 6.45) is 4.47. The third kappa shape index (κ3) is 2.29. The van der Waals surface area contributed by atoms with E-state index in [2.05, 4.69) is 4.90 Å². The van der Waals surface area contributed by atoms with Gasteiger partial charge in [0, 0.05) is 24.3 Å². The van der Waals surface area contributed by atoms with E-state index in [9.17, 15) is 14.7 Å². The predicted octanol–water partition coefficient (Wildman–Crippen LogP) is 1.96. The van der Waals surface area contributed by atoms with E-state index in [1.54, 1.807) is 18.4 Å². The fraction of sp³-hybridized carbons (Fsp3) is 0.625. The lowest BCUT2D eigenvalue weighted by molar-refractivity contribution is 0.0693. The molecule has 5 heteroatoms. The first-order valence-electron chi connectivity index (χ1n) is 7.71. The molecular formula is C16H22N2O3. The molecule has 0 saturated carbocycles. The molecule has 1 aromatic rings. The summed E-state index contributed by atoms with van der Waals surface area (Å²) in [6.45, 7) is 5.58. The SMILES string of the molecule is Cc1cc(=O)n(C2CCN3CCCCC23)c(C)c1C(=O)O. The molecule has 2 aliphatic heterocycles. The highest BCUT2D eigenvalue weighted by Crippen LogP contribution is 2.35. The third-order valence-electron chi connectivity index (χ3n) is 5.06. The normalized spacial score (nSPS) is 25.8. The van der Waals surface area contributed by atoms with Crippen LogP contribution in [0.15, 0.2) is 10.9 Å². The second kappa shape index (κ2) is 5.30. The first-order valence-corrected chi connectivity index (χ1v) is 7.71. The molecule has 2 unspecified atom stereocenters. The summed E-state index contributed by atoms with van der Waals surface area (Å²) >= 11 is 0. The Morgan fingerprint density at radius 1 is 1.19 bits per heavy atom. The molecule has 0 aromatic carbocycles. The maximum absolute atomic E-state index is 12.4. The molecule has 3 heterocycles. The Morgan fingerprint density at radius 2 is 1.95 bits per heavy atom. The van der Waals surface area contributed by atoms with Crippen molar-refractivity contribution in [1.29, 1.82) is 0 Å². The summed E-state index contributed by atoms with van der Waals surface area (Å²) in [5.74, 6) is -0.947. The quantitative estimate of drug-likeness (QED) is 0.904. The number of rotatable bonds is 2. The maximum Gasteiger partial charge on any atom is 0.337 e. The van der Waals surface area contributed by atoms with Crippen LogP contribution in [-0.4, -0.2) is 39.7 Å². The van der Waals surface area contributed by atoms with Crippen LogP contribution in [0.4, 0.5) is 0 Å².